The summed E-state index contributed by atoms with van der Waals surface area (Å²) in [5.74, 6) is -0.347. The molecule has 1 fully saturated rings. The smallest absolute Gasteiger partial charge is 0.330 e. The van der Waals surface area contributed by atoms with Crippen molar-refractivity contribution in [3.63, 3.8) is 0 Å². The maximum atomic E-state index is 10.9. The minimum absolute atomic E-state index is 0.0274. The first-order valence-corrected chi connectivity index (χ1v) is 4.65. The van der Waals surface area contributed by atoms with Crippen LogP contribution in [0.15, 0.2) is 12.7 Å². The van der Waals surface area contributed by atoms with Crippen LogP contribution in [-0.2, 0) is 14.3 Å². The van der Waals surface area contributed by atoms with E-state index in [0.717, 1.165) is 12.8 Å². The summed E-state index contributed by atoms with van der Waals surface area (Å²) in [6.45, 7) is 7.37. The number of hydrogen-bond acceptors (Lipinski definition) is 3. The minimum Gasteiger partial charge on any atom is -0.459 e. The summed E-state index contributed by atoms with van der Waals surface area (Å²) in [5, 5.41) is 0. The van der Waals surface area contributed by atoms with E-state index in [4.69, 9.17) is 9.47 Å². The molecule has 3 unspecified atom stereocenters. The SMILES string of the molecule is C=CC(=O)OC(CC)CC1OC1C. The normalized spacial score (nSPS) is 27.8. The number of esters is 1. The summed E-state index contributed by atoms with van der Waals surface area (Å²) in [7, 11) is 0. The van der Waals surface area contributed by atoms with Gasteiger partial charge in [-0.05, 0) is 13.3 Å². The fourth-order valence-electron chi connectivity index (χ4n) is 1.25. The molecule has 1 saturated heterocycles. The molecule has 3 nitrogen and oxygen atoms in total. The highest BCUT2D eigenvalue weighted by molar-refractivity contribution is 5.81. The standard InChI is InChI=1S/C10H16O3/c1-4-8(13-10(11)5-2)6-9-7(3)12-9/h5,7-9H,2,4,6H2,1,3H3. The second-order valence-corrected chi connectivity index (χ2v) is 3.29. The van der Waals surface area contributed by atoms with E-state index in [1.807, 2.05) is 13.8 Å². The molecular formula is C10H16O3. The van der Waals surface area contributed by atoms with Crippen LogP contribution < -0.4 is 0 Å². The van der Waals surface area contributed by atoms with Gasteiger partial charge in [-0.25, -0.2) is 4.79 Å². The molecule has 0 amide bonds. The van der Waals surface area contributed by atoms with Crippen LogP contribution in [0.25, 0.3) is 0 Å². The molecule has 1 heterocycles. The Morgan fingerprint density at radius 3 is 2.77 bits per heavy atom. The summed E-state index contributed by atoms with van der Waals surface area (Å²) < 4.78 is 10.4. The van der Waals surface area contributed by atoms with Gasteiger partial charge in [0.25, 0.3) is 0 Å². The maximum Gasteiger partial charge on any atom is 0.330 e. The van der Waals surface area contributed by atoms with Gasteiger partial charge in [-0.2, -0.15) is 0 Å². The Balaban J connectivity index is 2.26. The third-order valence-electron chi connectivity index (χ3n) is 2.24. The van der Waals surface area contributed by atoms with Crippen molar-refractivity contribution >= 4 is 5.97 Å². The average Bonchev–Trinajstić information content (AvgIpc) is 2.80. The van der Waals surface area contributed by atoms with Crippen LogP contribution >= 0.6 is 0 Å². The number of epoxide rings is 1. The molecule has 13 heavy (non-hydrogen) atoms. The van der Waals surface area contributed by atoms with Gasteiger partial charge in [-0.3, -0.25) is 0 Å². The monoisotopic (exact) mass is 184 g/mol. The van der Waals surface area contributed by atoms with E-state index in [0.29, 0.717) is 6.10 Å². The number of ether oxygens (including phenoxy) is 2. The molecule has 1 aliphatic heterocycles. The van der Waals surface area contributed by atoms with Crippen molar-refractivity contribution in [2.24, 2.45) is 0 Å². The van der Waals surface area contributed by atoms with Crippen LogP contribution in [0.3, 0.4) is 0 Å². The highest BCUT2D eigenvalue weighted by Crippen LogP contribution is 2.27. The number of carbonyl (C=O) groups is 1. The van der Waals surface area contributed by atoms with Gasteiger partial charge >= 0.3 is 5.97 Å². The van der Waals surface area contributed by atoms with E-state index in [1.54, 1.807) is 0 Å². The summed E-state index contributed by atoms with van der Waals surface area (Å²) in [6.07, 6.45) is 3.41. The maximum absolute atomic E-state index is 10.9. The molecule has 1 rings (SSSR count). The molecule has 1 aliphatic rings. The van der Waals surface area contributed by atoms with Crippen LogP contribution in [0.2, 0.25) is 0 Å². The van der Waals surface area contributed by atoms with Gasteiger partial charge in [0.1, 0.15) is 6.10 Å². The molecular weight excluding hydrogens is 168 g/mol. The zero-order valence-corrected chi connectivity index (χ0v) is 8.16. The summed E-state index contributed by atoms with van der Waals surface area (Å²) in [4.78, 5) is 10.9. The Bertz CT molecular complexity index is 200. The molecule has 0 aromatic carbocycles. The minimum atomic E-state index is -0.347. The van der Waals surface area contributed by atoms with E-state index < -0.39 is 0 Å². The lowest BCUT2D eigenvalue weighted by atomic mass is 10.1. The highest BCUT2D eigenvalue weighted by Gasteiger charge is 2.36. The Kier molecular flexibility index (Phi) is 3.48. The fourth-order valence-corrected chi connectivity index (χ4v) is 1.25. The Morgan fingerprint density at radius 1 is 1.77 bits per heavy atom. The predicted molar refractivity (Wildman–Crippen MR) is 49.3 cm³/mol. The fraction of sp³-hybridized carbons (Fsp3) is 0.700. The molecule has 0 aromatic rings. The van der Waals surface area contributed by atoms with Gasteiger partial charge in [-0.15, -0.1) is 0 Å². The molecule has 0 aliphatic carbocycles. The van der Waals surface area contributed by atoms with Gasteiger partial charge in [0.2, 0.25) is 0 Å². The molecule has 3 atom stereocenters. The molecule has 0 spiro atoms. The number of rotatable bonds is 5. The first-order valence-electron chi connectivity index (χ1n) is 4.65. The summed E-state index contributed by atoms with van der Waals surface area (Å²) in [6, 6.07) is 0. The third-order valence-corrected chi connectivity index (χ3v) is 2.24. The zero-order chi connectivity index (χ0) is 9.84. The molecule has 3 heteroatoms. The lowest BCUT2D eigenvalue weighted by Crippen LogP contribution is -2.18. The van der Waals surface area contributed by atoms with Crippen molar-refractivity contribution in [3.05, 3.63) is 12.7 Å². The van der Waals surface area contributed by atoms with Gasteiger partial charge in [0, 0.05) is 12.5 Å². The first kappa shape index (κ1) is 10.3. The summed E-state index contributed by atoms with van der Waals surface area (Å²) in [5.41, 5.74) is 0. The molecule has 0 bridgehead atoms. The topological polar surface area (TPSA) is 38.8 Å². The van der Waals surface area contributed by atoms with Crippen LogP contribution in [0.4, 0.5) is 0 Å². The van der Waals surface area contributed by atoms with E-state index in [-0.39, 0.29) is 18.2 Å². The van der Waals surface area contributed by atoms with Gasteiger partial charge in [0.15, 0.2) is 0 Å². The van der Waals surface area contributed by atoms with Crippen molar-refractivity contribution in [2.45, 2.75) is 45.0 Å². The number of hydrogen-bond donors (Lipinski definition) is 0. The second kappa shape index (κ2) is 4.42. The molecule has 0 saturated carbocycles. The highest BCUT2D eigenvalue weighted by atomic mass is 16.6. The van der Waals surface area contributed by atoms with Crippen molar-refractivity contribution in [1.82, 2.24) is 0 Å². The molecule has 0 N–H and O–H groups in total. The number of carbonyl (C=O) groups excluding carboxylic acids is 1. The van der Waals surface area contributed by atoms with Gasteiger partial charge in [-0.1, -0.05) is 13.5 Å². The Labute approximate surface area is 78.7 Å². The largest absolute Gasteiger partial charge is 0.459 e. The van der Waals surface area contributed by atoms with E-state index >= 15 is 0 Å². The lowest BCUT2D eigenvalue weighted by molar-refractivity contribution is -0.143. The van der Waals surface area contributed by atoms with E-state index in [1.165, 1.54) is 6.08 Å². The van der Waals surface area contributed by atoms with E-state index in [2.05, 4.69) is 6.58 Å². The Hall–Kier alpha value is -0.830. The van der Waals surface area contributed by atoms with Crippen molar-refractivity contribution in [3.8, 4) is 0 Å². The molecule has 74 valence electrons. The predicted octanol–water partition coefficient (Wildman–Crippen LogP) is 1.67. The Morgan fingerprint density at radius 2 is 2.38 bits per heavy atom. The zero-order valence-electron chi connectivity index (χ0n) is 8.16. The molecule has 0 aromatic heterocycles. The average molecular weight is 184 g/mol. The van der Waals surface area contributed by atoms with Gasteiger partial charge in [0.05, 0.1) is 12.2 Å². The van der Waals surface area contributed by atoms with Crippen LogP contribution in [0.5, 0.6) is 0 Å². The van der Waals surface area contributed by atoms with Crippen LogP contribution in [0, 0.1) is 0 Å². The first-order chi connectivity index (χ1) is 6.17. The van der Waals surface area contributed by atoms with Crippen LogP contribution in [0.1, 0.15) is 26.7 Å². The molecule has 0 radical (unpaired) electrons. The third kappa shape index (κ3) is 3.19. The van der Waals surface area contributed by atoms with Crippen LogP contribution in [-0.4, -0.2) is 24.3 Å². The summed E-state index contributed by atoms with van der Waals surface area (Å²) >= 11 is 0. The lowest BCUT2D eigenvalue weighted by Gasteiger charge is -2.13. The quantitative estimate of drug-likeness (QED) is 0.370. The van der Waals surface area contributed by atoms with Gasteiger partial charge < -0.3 is 9.47 Å². The van der Waals surface area contributed by atoms with E-state index in [9.17, 15) is 4.79 Å². The van der Waals surface area contributed by atoms with Crippen molar-refractivity contribution in [1.29, 1.82) is 0 Å². The van der Waals surface area contributed by atoms with Crippen molar-refractivity contribution in [2.75, 3.05) is 0 Å². The van der Waals surface area contributed by atoms with Crippen molar-refractivity contribution < 1.29 is 14.3 Å². The second-order valence-electron chi connectivity index (χ2n) is 3.29.